The number of nitrogens with two attached hydrogens (primary N) is 1. The van der Waals surface area contributed by atoms with Gasteiger partial charge in [0.1, 0.15) is 5.75 Å². The summed E-state index contributed by atoms with van der Waals surface area (Å²) in [6.45, 7) is 3.28. The molecule has 1 saturated carbocycles. The number of benzene rings is 1. The van der Waals surface area contributed by atoms with E-state index in [1.165, 1.54) is 18.4 Å². The quantitative estimate of drug-likeness (QED) is 0.761. The van der Waals surface area contributed by atoms with Crippen LogP contribution in [0.2, 0.25) is 0 Å². The molecule has 3 N–H and O–H groups in total. The molecule has 4 nitrogen and oxygen atoms in total. The summed E-state index contributed by atoms with van der Waals surface area (Å²) in [5.74, 6) is 1.44. The SMILES string of the molecule is Cc1cccc(OCCCC(=O)NC2CCCCC2CN)c1. The smallest absolute Gasteiger partial charge is 0.220 e. The Kier molecular flexibility index (Phi) is 6.72. The number of aryl methyl sites for hydroxylation is 1. The number of nitrogens with one attached hydrogen (secondary N) is 1. The van der Waals surface area contributed by atoms with Gasteiger partial charge in [0.2, 0.25) is 5.91 Å². The average molecular weight is 304 g/mol. The zero-order valence-electron chi connectivity index (χ0n) is 13.5. The van der Waals surface area contributed by atoms with E-state index in [-0.39, 0.29) is 11.9 Å². The fraction of sp³-hybridized carbons (Fsp3) is 0.611. The molecule has 0 spiro atoms. The zero-order chi connectivity index (χ0) is 15.8. The molecule has 2 rings (SSSR count). The van der Waals surface area contributed by atoms with Crippen LogP contribution in [0.5, 0.6) is 5.75 Å². The van der Waals surface area contributed by atoms with E-state index in [9.17, 15) is 4.79 Å². The molecule has 0 radical (unpaired) electrons. The van der Waals surface area contributed by atoms with Gasteiger partial charge in [-0.2, -0.15) is 0 Å². The predicted octanol–water partition coefficient (Wildman–Crippen LogP) is 2.79. The van der Waals surface area contributed by atoms with Crippen LogP contribution in [0.15, 0.2) is 24.3 Å². The number of hydrogen-bond acceptors (Lipinski definition) is 3. The van der Waals surface area contributed by atoms with Gasteiger partial charge in [-0.05, 0) is 56.3 Å². The normalized spacial score (nSPS) is 21.4. The van der Waals surface area contributed by atoms with Gasteiger partial charge in [0.25, 0.3) is 0 Å². The highest BCUT2D eigenvalue weighted by Crippen LogP contribution is 2.23. The van der Waals surface area contributed by atoms with Crippen LogP contribution in [0.25, 0.3) is 0 Å². The molecule has 22 heavy (non-hydrogen) atoms. The number of carbonyl (C=O) groups excluding carboxylic acids is 1. The summed E-state index contributed by atoms with van der Waals surface area (Å²) in [6.07, 6.45) is 5.88. The minimum absolute atomic E-state index is 0.123. The van der Waals surface area contributed by atoms with E-state index in [1.54, 1.807) is 0 Å². The van der Waals surface area contributed by atoms with Crippen molar-refractivity contribution >= 4 is 5.91 Å². The van der Waals surface area contributed by atoms with Crippen LogP contribution in [0, 0.1) is 12.8 Å². The predicted molar refractivity (Wildman–Crippen MR) is 88.9 cm³/mol. The summed E-state index contributed by atoms with van der Waals surface area (Å²) in [5.41, 5.74) is 6.98. The van der Waals surface area contributed by atoms with Crippen molar-refractivity contribution in [2.75, 3.05) is 13.2 Å². The Morgan fingerprint density at radius 1 is 1.36 bits per heavy atom. The van der Waals surface area contributed by atoms with E-state index in [4.69, 9.17) is 10.5 Å². The molecule has 0 saturated heterocycles. The molecule has 122 valence electrons. The Labute approximate surface area is 133 Å². The zero-order valence-corrected chi connectivity index (χ0v) is 13.5. The van der Waals surface area contributed by atoms with Crippen LogP contribution >= 0.6 is 0 Å². The third-order valence-electron chi connectivity index (χ3n) is 4.36. The number of hydrogen-bond donors (Lipinski definition) is 2. The first-order valence-corrected chi connectivity index (χ1v) is 8.38. The van der Waals surface area contributed by atoms with Gasteiger partial charge in [-0.3, -0.25) is 4.79 Å². The summed E-state index contributed by atoms with van der Waals surface area (Å²) in [7, 11) is 0. The Balaban J connectivity index is 1.65. The lowest BCUT2D eigenvalue weighted by Gasteiger charge is -2.31. The summed E-state index contributed by atoms with van der Waals surface area (Å²) >= 11 is 0. The summed E-state index contributed by atoms with van der Waals surface area (Å²) in [4.78, 5) is 12.0. The largest absolute Gasteiger partial charge is 0.494 e. The molecule has 1 aliphatic rings. The van der Waals surface area contributed by atoms with Crippen molar-refractivity contribution in [2.24, 2.45) is 11.7 Å². The number of carbonyl (C=O) groups is 1. The van der Waals surface area contributed by atoms with E-state index in [0.717, 1.165) is 25.0 Å². The van der Waals surface area contributed by atoms with Crippen LogP contribution in [0.3, 0.4) is 0 Å². The first-order chi connectivity index (χ1) is 10.7. The summed E-state index contributed by atoms with van der Waals surface area (Å²) in [6, 6.07) is 8.24. The second-order valence-corrected chi connectivity index (χ2v) is 6.22. The second-order valence-electron chi connectivity index (χ2n) is 6.22. The molecule has 2 atom stereocenters. The molecular formula is C18H28N2O2. The molecule has 0 aliphatic heterocycles. The van der Waals surface area contributed by atoms with E-state index < -0.39 is 0 Å². The average Bonchev–Trinajstić information content (AvgIpc) is 2.52. The topological polar surface area (TPSA) is 64.3 Å². The Bertz CT molecular complexity index is 476. The lowest BCUT2D eigenvalue weighted by atomic mass is 9.84. The van der Waals surface area contributed by atoms with Gasteiger partial charge in [0.15, 0.2) is 0 Å². The highest BCUT2D eigenvalue weighted by atomic mass is 16.5. The van der Waals surface area contributed by atoms with Gasteiger partial charge in [0, 0.05) is 12.5 Å². The standard InChI is InChI=1S/C18H28N2O2/c1-14-6-4-8-16(12-14)22-11-5-10-18(21)20-17-9-3-2-7-15(17)13-19/h4,6,8,12,15,17H,2-3,5,7,9-11,13,19H2,1H3,(H,20,21). The highest BCUT2D eigenvalue weighted by Gasteiger charge is 2.24. The fourth-order valence-electron chi connectivity index (χ4n) is 3.09. The number of rotatable bonds is 7. The Morgan fingerprint density at radius 3 is 2.95 bits per heavy atom. The van der Waals surface area contributed by atoms with E-state index in [0.29, 0.717) is 25.5 Å². The van der Waals surface area contributed by atoms with Gasteiger partial charge < -0.3 is 15.8 Å². The van der Waals surface area contributed by atoms with Gasteiger partial charge in [0.05, 0.1) is 6.61 Å². The molecule has 4 heteroatoms. The van der Waals surface area contributed by atoms with Crippen molar-refractivity contribution in [1.82, 2.24) is 5.32 Å². The minimum atomic E-state index is 0.123. The maximum absolute atomic E-state index is 12.0. The van der Waals surface area contributed by atoms with Crippen molar-refractivity contribution in [3.63, 3.8) is 0 Å². The molecular weight excluding hydrogens is 276 g/mol. The summed E-state index contributed by atoms with van der Waals surface area (Å²) in [5, 5.41) is 3.15. The molecule has 2 unspecified atom stereocenters. The van der Waals surface area contributed by atoms with Crippen LogP contribution in [-0.4, -0.2) is 25.1 Å². The van der Waals surface area contributed by atoms with Crippen LogP contribution in [-0.2, 0) is 4.79 Å². The molecule has 1 aliphatic carbocycles. The van der Waals surface area contributed by atoms with Crippen molar-refractivity contribution in [3.8, 4) is 5.75 Å². The van der Waals surface area contributed by atoms with Crippen molar-refractivity contribution in [3.05, 3.63) is 29.8 Å². The lowest BCUT2D eigenvalue weighted by molar-refractivity contribution is -0.122. The van der Waals surface area contributed by atoms with Crippen molar-refractivity contribution in [1.29, 1.82) is 0 Å². The van der Waals surface area contributed by atoms with Crippen LogP contribution in [0.1, 0.15) is 44.1 Å². The Hall–Kier alpha value is -1.55. The molecule has 1 aromatic rings. The van der Waals surface area contributed by atoms with Crippen LogP contribution in [0.4, 0.5) is 0 Å². The third kappa shape index (κ3) is 5.34. The fourth-order valence-corrected chi connectivity index (χ4v) is 3.09. The summed E-state index contributed by atoms with van der Waals surface area (Å²) < 4.78 is 5.67. The first-order valence-electron chi connectivity index (χ1n) is 8.38. The first kappa shape index (κ1) is 16.8. The van der Waals surface area contributed by atoms with E-state index in [2.05, 4.69) is 5.32 Å². The molecule has 1 aromatic carbocycles. The van der Waals surface area contributed by atoms with Crippen molar-refractivity contribution in [2.45, 2.75) is 51.5 Å². The maximum Gasteiger partial charge on any atom is 0.220 e. The van der Waals surface area contributed by atoms with E-state index in [1.807, 2.05) is 31.2 Å². The monoisotopic (exact) mass is 304 g/mol. The molecule has 1 amide bonds. The van der Waals surface area contributed by atoms with Gasteiger partial charge in [-0.1, -0.05) is 25.0 Å². The molecule has 0 heterocycles. The lowest BCUT2D eigenvalue weighted by Crippen LogP contribution is -2.44. The molecule has 1 fully saturated rings. The Morgan fingerprint density at radius 2 is 2.18 bits per heavy atom. The maximum atomic E-state index is 12.0. The van der Waals surface area contributed by atoms with Crippen LogP contribution < -0.4 is 15.8 Å². The van der Waals surface area contributed by atoms with Gasteiger partial charge in [-0.15, -0.1) is 0 Å². The molecule has 0 aromatic heterocycles. The number of ether oxygens (including phenoxy) is 1. The van der Waals surface area contributed by atoms with E-state index >= 15 is 0 Å². The minimum Gasteiger partial charge on any atom is -0.494 e. The van der Waals surface area contributed by atoms with Gasteiger partial charge >= 0.3 is 0 Å². The third-order valence-corrected chi connectivity index (χ3v) is 4.36. The number of amides is 1. The highest BCUT2D eigenvalue weighted by molar-refractivity contribution is 5.76. The van der Waals surface area contributed by atoms with Gasteiger partial charge in [-0.25, -0.2) is 0 Å². The van der Waals surface area contributed by atoms with Crippen molar-refractivity contribution < 1.29 is 9.53 Å². The second kappa shape index (κ2) is 8.79. The molecule has 0 bridgehead atoms.